The minimum atomic E-state index is -3.01. The molecule has 0 saturated carbocycles. The minimum Gasteiger partial charge on any atom is -0.224 e. The maximum Gasteiger partial charge on any atom is 0.175 e. The van der Waals surface area contributed by atoms with Crippen LogP contribution < -0.4 is 0 Å². The van der Waals surface area contributed by atoms with Gasteiger partial charge in [0.15, 0.2) is 9.84 Å². The third-order valence-electron chi connectivity index (χ3n) is 2.00. The molecule has 0 fully saturated rings. The fourth-order valence-electron chi connectivity index (χ4n) is 1.47. The second-order valence-electron chi connectivity index (χ2n) is 3.40. The Balaban J connectivity index is 3.05. The van der Waals surface area contributed by atoms with E-state index in [1.807, 2.05) is 19.1 Å². The lowest BCUT2D eigenvalue weighted by Gasteiger charge is -2.14. The molecular weight excluding hydrogens is 172 g/mol. The molecule has 68 valence electrons. The Morgan fingerprint density at radius 2 is 2.08 bits per heavy atom. The van der Waals surface area contributed by atoms with Crippen molar-refractivity contribution in [2.75, 3.05) is 6.26 Å². The molecule has 0 N–H and O–H groups in total. The fourth-order valence-corrected chi connectivity index (χ4v) is 2.53. The molecule has 2 nitrogen and oxygen atoms in total. The van der Waals surface area contributed by atoms with Gasteiger partial charge in [0, 0.05) is 6.26 Å². The van der Waals surface area contributed by atoms with Crippen LogP contribution >= 0.6 is 0 Å². The van der Waals surface area contributed by atoms with Gasteiger partial charge in [-0.05, 0) is 24.8 Å². The zero-order chi connectivity index (χ0) is 9.35. The van der Waals surface area contributed by atoms with E-state index in [-0.39, 0.29) is 0 Å². The van der Waals surface area contributed by atoms with Crippen LogP contribution in [0.2, 0.25) is 0 Å². The van der Waals surface area contributed by atoms with Crippen LogP contribution in [0.3, 0.4) is 0 Å². The molecule has 0 aromatic heterocycles. The molecule has 1 aliphatic rings. The average Bonchev–Trinajstić information content (AvgIpc) is 1.83. The van der Waals surface area contributed by atoms with E-state index in [9.17, 15) is 8.42 Å². The van der Waals surface area contributed by atoms with E-state index < -0.39 is 9.84 Å². The minimum absolute atomic E-state index is 0.468. The SMILES string of the molecule is CC1=CC(C)CC=C1S(C)(=O)=O. The van der Waals surface area contributed by atoms with E-state index in [1.165, 1.54) is 6.26 Å². The van der Waals surface area contributed by atoms with E-state index in [0.29, 0.717) is 10.8 Å². The van der Waals surface area contributed by atoms with Crippen molar-refractivity contribution in [3.05, 3.63) is 22.6 Å². The van der Waals surface area contributed by atoms with Gasteiger partial charge in [0.25, 0.3) is 0 Å². The Kier molecular flexibility index (Phi) is 2.42. The fraction of sp³-hybridized carbons (Fsp3) is 0.556. The number of allylic oxidation sites excluding steroid dienone is 3. The van der Waals surface area contributed by atoms with Gasteiger partial charge >= 0.3 is 0 Å². The van der Waals surface area contributed by atoms with E-state index in [0.717, 1.165) is 12.0 Å². The van der Waals surface area contributed by atoms with Crippen molar-refractivity contribution in [2.24, 2.45) is 5.92 Å². The van der Waals surface area contributed by atoms with Crippen LogP contribution in [-0.4, -0.2) is 14.7 Å². The lowest BCUT2D eigenvalue weighted by molar-refractivity contribution is 0.606. The van der Waals surface area contributed by atoms with E-state index in [2.05, 4.69) is 6.92 Å². The summed E-state index contributed by atoms with van der Waals surface area (Å²) in [4.78, 5) is 0.501. The van der Waals surface area contributed by atoms with Crippen molar-refractivity contribution < 1.29 is 8.42 Å². The molecule has 0 radical (unpaired) electrons. The molecule has 1 unspecified atom stereocenters. The molecule has 1 rings (SSSR count). The first-order valence-electron chi connectivity index (χ1n) is 4.00. The molecule has 0 heterocycles. The first-order valence-corrected chi connectivity index (χ1v) is 5.89. The van der Waals surface area contributed by atoms with Crippen LogP contribution in [0.15, 0.2) is 22.6 Å². The van der Waals surface area contributed by atoms with Crippen LogP contribution in [0.1, 0.15) is 20.3 Å². The lowest BCUT2D eigenvalue weighted by atomic mass is 9.99. The quantitative estimate of drug-likeness (QED) is 0.626. The molecule has 0 saturated heterocycles. The van der Waals surface area contributed by atoms with Crippen LogP contribution in [-0.2, 0) is 9.84 Å². The summed E-state index contributed by atoms with van der Waals surface area (Å²) >= 11 is 0. The summed E-state index contributed by atoms with van der Waals surface area (Å²) in [6.07, 6.45) is 5.91. The molecule has 3 heteroatoms. The Hall–Kier alpha value is -0.570. The van der Waals surface area contributed by atoms with Crippen molar-refractivity contribution in [1.29, 1.82) is 0 Å². The predicted molar refractivity (Wildman–Crippen MR) is 50.5 cm³/mol. The van der Waals surface area contributed by atoms with Gasteiger partial charge in [-0.25, -0.2) is 8.42 Å². The smallest absolute Gasteiger partial charge is 0.175 e. The second-order valence-corrected chi connectivity index (χ2v) is 5.39. The van der Waals surface area contributed by atoms with E-state index >= 15 is 0 Å². The second kappa shape index (κ2) is 3.05. The summed E-state index contributed by atoms with van der Waals surface area (Å²) in [5.41, 5.74) is 0.885. The van der Waals surface area contributed by atoms with Crippen LogP contribution in [0.25, 0.3) is 0 Å². The molecule has 0 bridgehead atoms. The molecule has 1 aliphatic carbocycles. The highest BCUT2D eigenvalue weighted by atomic mass is 32.2. The maximum atomic E-state index is 11.2. The van der Waals surface area contributed by atoms with Crippen molar-refractivity contribution in [2.45, 2.75) is 20.3 Å². The summed E-state index contributed by atoms with van der Waals surface area (Å²) in [6.45, 7) is 3.93. The monoisotopic (exact) mass is 186 g/mol. The van der Waals surface area contributed by atoms with Crippen molar-refractivity contribution in [1.82, 2.24) is 0 Å². The number of rotatable bonds is 1. The molecule has 12 heavy (non-hydrogen) atoms. The van der Waals surface area contributed by atoms with Gasteiger partial charge in [-0.1, -0.05) is 19.1 Å². The summed E-state index contributed by atoms with van der Waals surface area (Å²) < 4.78 is 22.4. The standard InChI is InChI=1S/C9H14O2S/c1-7-4-5-9(8(2)6-7)12(3,10)11/h5-7H,4H2,1-3H3. The highest BCUT2D eigenvalue weighted by molar-refractivity contribution is 7.94. The number of sulfone groups is 1. The number of hydrogen-bond acceptors (Lipinski definition) is 2. The summed E-state index contributed by atoms with van der Waals surface area (Å²) in [7, 11) is -3.01. The van der Waals surface area contributed by atoms with Gasteiger partial charge in [-0.3, -0.25) is 0 Å². The van der Waals surface area contributed by atoms with Gasteiger partial charge < -0.3 is 0 Å². The molecule has 0 aromatic rings. The van der Waals surface area contributed by atoms with Crippen LogP contribution in [0.5, 0.6) is 0 Å². The normalized spacial score (nSPS) is 24.8. The summed E-state index contributed by atoms with van der Waals surface area (Å²) in [6, 6.07) is 0. The Labute approximate surface area is 73.9 Å². The predicted octanol–water partition coefficient (Wildman–Crippen LogP) is 1.90. The highest BCUT2D eigenvalue weighted by Gasteiger charge is 2.17. The van der Waals surface area contributed by atoms with Crippen LogP contribution in [0, 0.1) is 5.92 Å². The molecule has 0 aromatic carbocycles. The third kappa shape index (κ3) is 1.97. The molecule has 0 spiro atoms. The third-order valence-corrected chi connectivity index (χ3v) is 3.29. The van der Waals surface area contributed by atoms with Crippen molar-refractivity contribution in [3.8, 4) is 0 Å². The average molecular weight is 186 g/mol. The van der Waals surface area contributed by atoms with Gasteiger partial charge in [0.1, 0.15) is 0 Å². The molecular formula is C9H14O2S. The zero-order valence-electron chi connectivity index (χ0n) is 7.66. The van der Waals surface area contributed by atoms with E-state index in [1.54, 1.807) is 0 Å². The van der Waals surface area contributed by atoms with Gasteiger partial charge in [-0.2, -0.15) is 0 Å². The van der Waals surface area contributed by atoms with Gasteiger partial charge in [0.2, 0.25) is 0 Å². The summed E-state index contributed by atoms with van der Waals surface area (Å²) in [5.74, 6) is 0.468. The Morgan fingerprint density at radius 3 is 2.50 bits per heavy atom. The molecule has 1 atom stereocenters. The van der Waals surface area contributed by atoms with Crippen molar-refractivity contribution >= 4 is 9.84 Å². The van der Waals surface area contributed by atoms with Crippen LogP contribution in [0.4, 0.5) is 0 Å². The lowest BCUT2D eigenvalue weighted by Crippen LogP contribution is -2.07. The zero-order valence-corrected chi connectivity index (χ0v) is 8.48. The van der Waals surface area contributed by atoms with Gasteiger partial charge in [0.05, 0.1) is 4.91 Å². The van der Waals surface area contributed by atoms with Gasteiger partial charge in [-0.15, -0.1) is 0 Å². The Morgan fingerprint density at radius 1 is 1.50 bits per heavy atom. The largest absolute Gasteiger partial charge is 0.224 e. The van der Waals surface area contributed by atoms with E-state index in [4.69, 9.17) is 0 Å². The maximum absolute atomic E-state index is 11.2. The topological polar surface area (TPSA) is 34.1 Å². The summed E-state index contributed by atoms with van der Waals surface area (Å²) in [5, 5.41) is 0. The first-order chi connectivity index (χ1) is 5.41. The number of hydrogen-bond donors (Lipinski definition) is 0. The first kappa shape index (κ1) is 9.52. The Bertz CT molecular complexity index is 334. The molecule has 0 amide bonds. The molecule has 0 aliphatic heterocycles. The highest BCUT2D eigenvalue weighted by Crippen LogP contribution is 2.25. The van der Waals surface area contributed by atoms with Crippen molar-refractivity contribution in [3.63, 3.8) is 0 Å².